The fourth-order valence-corrected chi connectivity index (χ4v) is 1.59. The zero-order valence-electron chi connectivity index (χ0n) is 6.71. The number of benzene rings is 1. The van der Waals surface area contributed by atoms with Gasteiger partial charge in [0.1, 0.15) is 0 Å². The first-order chi connectivity index (χ1) is 5.74. The molecule has 0 saturated carbocycles. The summed E-state index contributed by atoms with van der Waals surface area (Å²) in [6, 6.07) is 5.55. The van der Waals surface area contributed by atoms with E-state index in [-0.39, 0.29) is 0 Å². The smallest absolute Gasteiger partial charge is 0.0963 e. The van der Waals surface area contributed by atoms with Crippen molar-refractivity contribution in [2.24, 2.45) is 0 Å². The van der Waals surface area contributed by atoms with Gasteiger partial charge in [0.05, 0.1) is 16.6 Å². The SMILES string of the molecule is COCSc1ccc(N)c(Cl)c1. The quantitative estimate of drug-likeness (QED) is 0.466. The van der Waals surface area contributed by atoms with Gasteiger partial charge in [-0.25, -0.2) is 0 Å². The van der Waals surface area contributed by atoms with Crippen LogP contribution in [0.3, 0.4) is 0 Å². The summed E-state index contributed by atoms with van der Waals surface area (Å²) in [5.74, 6) is 0.625. The van der Waals surface area contributed by atoms with E-state index in [2.05, 4.69) is 0 Å². The monoisotopic (exact) mass is 203 g/mol. The van der Waals surface area contributed by atoms with E-state index in [4.69, 9.17) is 22.1 Å². The van der Waals surface area contributed by atoms with Crippen molar-refractivity contribution in [2.45, 2.75) is 4.90 Å². The van der Waals surface area contributed by atoms with Gasteiger partial charge in [0.15, 0.2) is 0 Å². The Morgan fingerprint density at radius 3 is 2.92 bits per heavy atom. The molecule has 1 rings (SSSR count). The lowest BCUT2D eigenvalue weighted by atomic mass is 10.3. The summed E-state index contributed by atoms with van der Waals surface area (Å²) in [4.78, 5) is 1.07. The Balaban J connectivity index is 2.69. The number of nitrogen functional groups attached to an aromatic ring is 1. The second-order valence-electron chi connectivity index (χ2n) is 2.23. The summed E-state index contributed by atoms with van der Waals surface area (Å²) < 4.78 is 4.90. The fourth-order valence-electron chi connectivity index (χ4n) is 0.725. The standard InChI is InChI=1S/C8H10ClNOS/c1-11-5-12-6-2-3-8(10)7(9)4-6/h2-4H,5,10H2,1H3. The lowest BCUT2D eigenvalue weighted by molar-refractivity contribution is 0.259. The molecule has 66 valence electrons. The van der Waals surface area contributed by atoms with E-state index in [1.165, 1.54) is 0 Å². The lowest BCUT2D eigenvalue weighted by Gasteiger charge is -2.02. The van der Waals surface area contributed by atoms with Crippen molar-refractivity contribution in [3.8, 4) is 0 Å². The predicted octanol–water partition coefficient (Wildman–Crippen LogP) is 2.62. The van der Waals surface area contributed by atoms with Crippen molar-refractivity contribution in [3.05, 3.63) is 23.2 Å². The molecule has 0 bridgehead atoms. The number of methoxy groups -OCH3 is 1. The van der Waals surface area contributed by atoms with Gasteiger partial charge >= 0.3 is 0 Å². The first kappa shape index (κ1) is 9.71. The Labute approximate surface area is 81.0 Å². The number of nitrogens with two attached hydrogens (primary N) is 1. The highest BCUT2D eigenvalue weighted by Gasteiger charge is 1.97. The van der Waals surface area contributed by atoms with E-state index in [0.29, 0.717) is 16.6 Å². The van der Waals surface area contributed by atoms with Crippen LogP contribution in [0.5, 0.6) is 0 Å². The minimum atomic E-state index is 0.594. The Bertz CT molecular complexity index is 267. The number of halogens is 1. The molecule has 2 nitrogen and oxygen atoms in total. The van der Waals surface area contributed by atoms with Crippen molar-refractivity contribution in [1.29, 1.82) is 0 Å². The number of anilines is 1. The van der Waals surface area contributed by atoms with E-state index in [1.807, 2.05) is 12.1 Å². The molecule has 12 heavy (non-hydrogen) atoms. The molecule has 0 spiro atoms. The van der Waals surface area contributed by atoms with Crippen LogP contribution in [0.1, 0.15) is 0 Å². The first-order valence-corrected chi connectivity index (χ1v) is 4.77. The average Bonchev–Trinajstić information content (AvgIpc) is 2.07. The Kier molecular flexibility index (Phi) is 3.72. The fraction of sp³-hybridized carbons (Fsp3) is 0.250. The Morgan fingerprint density at radius 2 is 2.33 bits per heavy atom. The van der Waals surface area contributed by atoms with Crippen LogP contribution in [-0.4, -0.2) is 13.0 Å². The summed E-state index contributed by atoms with van der Waals surface area (Å²) in [5, 5.41) is 0.594. The van der Waals surface area contributed by atoms with Crippen LogP contribution in [0.4, 0.5) is 5.69 Å². The minimum Gasteiger partial charge on any atom is -0.398 e. The van der Waals surface area contributed by atoms with Crippen LogP contribution in [0.25, 0.3) is 0 Å². The van der Waals surface area contributed by atoms with Crippen molar-refractivity contribution in [3.63, 3.8) is 0 Å². The van der Waals surface area contributed by atoms with Gasteiger partial charge in [-0.15, -0.1) is 0 Å². The maximum Gasteiger partial charge on any atom is 0.0963 e. The second-order valence-corrected chi connectivity index (χ2v) is 3.64. The Hall–Kier alpha value is -0.380. The number of hydrogen-bond acceptors (Lipinski definition) is 3. The molecule has 2 N–H and O–H groups in total. The third kappa shape index (κ3) is 2.59. The van der Waals surface area contributed by atoms with Crippen molar-refractivity contribution >= 4 is 29.1 Å². The summed E-state index contributed by atoms with van der Waals surface area (Å²) in [5.41, 5.74) is 6.15. The van der Waals surface area contributed by atoms with E-state index in [9.17, 15) is 0 Å². The van der Waals surface area contributed by atoms with Crippen LogP contribution in [-0.2, 0) is 4.74 Å². The molecule has 0 aliphatic rings. The highest BCUT2D eigenvalue weighted by Crippen LogP contribution is 2.25. The normalized spacial score (nSPS) is 10.2. The zero-order chi connectivity index (χ0) is 8.97. The maximum atomic E-state index is 5.81. The van der Waals surface area contributed by atoms with Crippen molar-refractivity contribution in [1.82, 2.24) is 0 Å². The zero-order valence-corrected chi connectivity index (χ0v) is 8.28. The third-order valence-corrected chi connectivity index (χ3v) is 2.58. The minimum absolute atomic E-state index is 0.594. The maximum absolute atomic E-state index is 5.81. The molecule has 0 radical (unpaired) electrons. The summed E-state index contributed by atoms with van der Waals surface area (Å²) in [7, 11) is 1.66. The number of ether oxygens (including phenoxy) is 1. The molecule has 0 fully saturated rings. The third-order valence-electron chi connectivity index (χ3n) is 1.32. The molecule has 0 aliphatic heterocycles. The van der Waals surface area contributed by atoms with Gasteiger partial charge in [-0.05, 0) is 18.2 Å². The van der Waals surface area contributed by atoms with E-state index in [0.717, 1.165) is 4.90 Å². The van der Waals surface area contributed by atoms with Crippen LogP contribution in [0.15, 0.2) is 23.1 Å². The largest absolute Gasteiger partial charge is 0.398 e. The molecule has 1 aromatic rings. The van der Waals surface area contributed by atoms with E-state index in [1.54, 1.807) is 24.9 Å². The van der Waals surface area contributed by atoms with Gasteiger partial charge in [0.25, 0.3) is 0 Å². The highest BCUT2D eigenvalue weighted by molar-refractivity contribution is 7.99. The predicted molar refractivity (Wildman–Crippen MR) is 53.6 cm³/mol. The summed E-state index contributed by atoms with van der Waals surface area (Å²) in [6.45, 7) is 0. The number of hydrogen-bond donors (Lipinski definition) is 1. The van der Waals surface area contributed by atoms with Crippen LogP contribution in [0.2, 0.25) is 5.02 Å². The summed E-state index contributed by atoms with van der Waals surface area (Å²) in [6.07, 6.45) is 0. The Morgan fingerprint density at radius 1 is 1.58 bits per heavy atom. The van der Waals surface area contributed by atoms with Gasteiger partial charge < -0.3 is 10.5 Å². The highest BCUT2D eigenvalue weighted by atomic mass is 35.5. The van der Waals surface area contributed by atoms with Crippen LogP contribution >= 0.6 is 23.4 Å². The molecule has 0 amide bonds. The number of rotatable bonds is 3. The van der Waals surface area contributed by atoms with E-state index < -0.39 is 0 Å². The second kappa shape index (κ2) is 4.60. The molecule has 0 unspecified atom stereocenters. The van der Waals surface area contributed by atoms with Crippen molar-refractivity contribution < 1.29 is 4.74 Å². The van der Waals surface area contributed by atoms with Gasteiger partial charge in [-0.1, -0.05) is 23.4 Å². The van der Waals surface area contributed by atoms with Crippen LogP contribution < -0.4 is 5.73 Å². The molecule has 4 heteroatoms. The average molecular weight is 204 g/mol. The number of thioether (sulfide) groups is 1. The summed E-state index contributed by atoms with van der Waals surface area (Å²) >= 11 is 7.39. The van der Waals surface area contributed by atoms with Gasteiger partial charge in [0, 0.05) is 12.0 Å². The van der Waals surface area contributed by atoms with Gasteiger partial charge in [-0.3, -0.25) is 0 Å². The molecule has 0 aliphatic carbocycles. The lowest BCUT2D eigenvalue weighted by Crippen LogP contribution is -1.86. The molecular weight excluding hydrogens is 194 g/mol. The van der Waals surface area contributed by atoms with Crippen LogP contribution in [0, 0.1) is 0 Å². The molecular formula is C8H10ClNOS. The molecule has 0 heterocycles. The van der Waals surface area contributed by atoms with E-state index >= 15 is 0 Å². The first-order valence-electron chi connectivity index (χ1n) is 3.41. The van der Waals surface area contributed by atoms with Gasteiger partial charge in [0.2, 0.25) is 0 Å². The topological polar surface area (TPSA) is 35.2 Å². The van der Waals surface area contributed by atoms with Gasteiger partial charge in [-0.2, -0.15) is 0 Å². The molecule has 0 saturated heterocycles. The molecule has 1 aromatic carbocycles. The van der Waals surface area contributed by atoms with Crippen molar-refractivity contribution in [2.75, 3.05) is 18.8 Å². The molecule has 0 aromatic heterocycles. The molecule has 0 atom stereocenters.